The van der Waals surface area contributed by atoms with Crippen LogP contribution in [0.3, 0.4) is 0 Å². The van der Waals surface area contributed by atoms with Crippen LogP contribution >= 0.6 is 0 Å². The molecule has 0 aromatic heterocycles. The number of imide groups is 1. The molecule has 0 aromatic rings. The van der Waals surface area contributed by atoms with Crippen molar-refractivity contribution in [3.63, 3.8) is 0 Å². The molecule has 104 valence electrons. The molecule has 0 bridgehead atoms. The molecule has 1 rings (SSSR count). The minimum absolute atomic E-state index is 0.0449. The summed E-state index contributed by atoms with van der Waals surface area (Å²) >= 11 is 0. The van der Waals surface area contributed by atoms with Crippen molar-refractivity contribution in [2.45, 2.75) is 53.4 Å². The second-order valence-corrected chi connectivity index (χ2v) is 5.46. The van der Waals surface area contributed by atoms with E-state index in [-0.39, 0.29) is 18.5 Å². The van der Waals surface area contributed by atoms with E-state index in [0.717, 1.165) is 25.7 Å². The van der Waals surface area contributed by atoms with E-state index < -0.39 is 0 Å². The maximum atomic E-state index is 11.9. The molecule has 1 aliphatic heterocycles. The summed E-state index contributed by atoms with van der Waals surface area (Å²) in [7, 11) is 0. The second-order valence-electron chi connectivity index (χ2n) is 5.46. The van der Waals surface area contributed by atoms with E-state index >= 15 is 0 Å². The van der Waals surface area contributed by atoms with Gasteiger partial charge in [0.1, 0.15) is 6.54 Å². The van der Waals surface area contributed by atoms with Gasteiger partial charge in [-0.1, -0.05) is 33.6 Å². The van der Waals surface area contributed by atoms with Gasteiger partial charge < -0.3 is 4.90 Å². The molecule has 0 atom stereocenters. The monoisotopic (exact) mass is 254 g/mol. The molecule has 0 saturated carbocycles. The minimum Gasteiger partial charge on any atom is -0.315 e. The molecule has 0 radical (unpaired) electrons. The molecule has 0 N–H and O–H groups in total. The van der Waals surface area contributed by atoms with Gasteiger partial charge in [-0.2, -0.15) is 0 Å². The van der Waals surface area contributed by atoms with Gasteiger partial charge in [0.05, 0.1) is 0 Å². The minimum atomic E-state index is -0.114. The van der Waals surface area contributed by atoms with Gasteiger partial charge in [0.2, 0.25) is 5.91 Å². The molecule has 18 heavy (non-hydrogen) atoms. The molecule has 0 aromatic carbocycles. The lowest BCUT2D eigenvalue weighted by Gasteiger charge is -2.27. The van der Waals surface area contributed by atoms with Crippen LogP contribution in [0.2, 0.25) is 0 Å². The summed E-state index contributed by atoms with van der Waals surface area (Å²) in [5, 5.41) is 0. The molecule has 1 aliphatic rings. The fraction of sp³-hybridized carbons (Fsp3) is 0.857. The van der Waals surface area contributed by atoms with Crippen LogP contribution in [0.25, 0.3) is 0 Å². The van der Waals surface area contributed by atoms with Gasteiger partial charge in [0.25, 0.3) is 0 Å². The first-order chi connectivity index (χ1) is 8.47. The lowest BCUT2D eigenvalue weighted by Crippen LogP contribution is -2.34. The SMILES string of the molecule is CCN1CC(=O)N(CCCC(C)(CC)CC)C1=O. The average Bonchev–Trinajstić information content (AvgIpc) is 2.65. The van der Waals surface area contributed by atoms with E-state index in [1.807, 2.05) is 6.92 Å². The number of nitrogens with zero attached hydrogens (tertiary/aromatic N) is 2. The predicted molar refractivity (Wildman–Crippen MR) is 72.3 cm³/mol. The first kappa shape index (κ1) is 15.0. The molecule has 1 heterocycles. The van der Waals surface area contributed by atoms with E-state index in [0.29, 0.717) is 18.5 Å². The first-order valence-corrected chi connectivity index (χ1v) is 7.06. The van der Waals surface area contributed by atoms with Crippen LogP contribution in [0.15, 0.2) is 0 Å². The quantitative estimate of drug-likeness (QED) is 0.655. The van der Waals surface area contributed by atoms with Gasteiger partial charge in [0, 0.05) is 13.1 Å². The van der Waals surface area contributed by atoms with Crippen molar-refractivity contribution in [3.05, 3.63) is 0 Å². The largest absolute Gasteiger partial charge is 0.327 e. The normalized spacial score (nSPS) is 16.9. The average molecular weight is 254 g/mol. The van der Waals surface area contributed by atoms with Crippen LogP contribution in [-0.2, 0) is 4.79 Å². The van der Waals surface area contributed by atoms with Crippen LogP contribution in [0.4, 0.5) is 4.79 Å². The Kier molecular flexibility index (Phi) is 5.17. The van der Waals surface area contributed by atoms with Crippen molar-refractivity contribution < 1.29 is 9.59 Å². The number of carbonyl (C=O) groups is 2. The maximum Gasteiger partial charge on any atom is 0.327 e. The Hall–Kier alpha value is -1.06. The van der Waals surface area contributed by atoms with Gasteiger partial charge >= 0.3 is 6.03 Å². The number of likely N-dealkylation sites (N-methyl/N-ethyl adjacent to an activating group) is 1. The van der Waals surface area contributed by atoms with Crippen LogP contribution in [0.5, 0.6) is 0 Å². The summed E-state index contributed by atoms with van der Waals surface area (Å²) in [5.41, 5.74) is 0.344. The molecule has 0 spiro atoms. The fourth-order valence-electron chi connectivity index (χ4n) is 2.33. The Morgan fingerprint density at radius 1 is 1.17 bits per heavy atom. The first-order valence-electron chi connectivity index (χ1n) is 7.06. The highest BCUT2D eigenvalue weighted by molar-refractivity contribution is 6.01. The van der Waals surface area contributed by atoms with Crippen LogP contribution in [-0.4, -0.2) is 41.4 Å². The number of rotatable bonds is 7. The predicted octanol–water partition coefficient (Wildman–Crippen LogP) is 2.88. The van der Waals surface area contributed by atoms with Crippen molar-refractivity contribution >= 4 is 11.9 Å². The molecular formula is C14H26N2O2. The highest BCUT2D eigenvalue weighted by atomic mass is 16.2. The van der Waals surface area contributed by atoms with E-state index in [1.165, 1.54) is 4.90 Å². The van der Waals surface area contributed by atoms with Crippen LogP contribution in [0, 0.1) is 5.41 Å². The zero-order valence-corrected chi connectivity index (χ0v) is 12.2. The molecule has 4 nitrogen and oxygen atoms in total. The summed E-state index contributed by atoms with van der Waals surface area (Å²) in [6.07, 6.45) is 4.27. The number of carbonyl (C=O) groups excluding carboxylic acids is 2. The Balaban J connectivity index is 2.45. The lowest BCUT2D eigenvalue weighted by atomic mass is 9.80. The lowest BCUT2D eigenvalue weighted by molar-refractivity contribution is -0.125. The number of hydrogen-bond donors (Lipinski definition) is 0. The van der Waals surface area contributed by atoms with E-state index in [4.69, 9.17) is 0 Å². The topological polar surface area (TPSA) is 40.6 Å². The summed E-state index contributed by atoms with van der Waals surface area (Å²) < 4.78 is 0. The molecule has 0 unspecified atom stereocenters. The Morgan fingerprint density at radius 2 is 1.78 bits per heavy atom. The van der Waals surface area contributed by atoms with Crippen LogP contribution in [0.1, 0.15) is 53.4 Å². The molecular weight excluding hydrogens is 228 g/mol. The van der Waals surface area contributed by atoms with E-state index in [1.54, 1.807) is 4.90 Å². The van der Waals surface area contributed by atoms with Gasteiger partial charge in [0.15, 0.2) is 0 Å². The molecule has 1 fully saturated rings. The van der Waals surface area contributed by atoms with Gasteiger partial charge in [-0.25, -0.2) is 4.79 Å². The highest BCUT2D eigenvalue weighted by Gasteiger charge is 2.34. The van der Waals surface area contributed by atoms with Gasteiger partial charge in [-0.05, 0) is 25.2 Å². The standard InChI is InChI=1S/C14H26N2O2/c1-5-14(4,6-2)9-8-10-16-12(17)11-15(7-3)13(16)18/h5-11H2,1-4H3. The summed E-state index contributed by atoms with van der Waals surface area (Å²) in [5.74, 6) is -0.0449. The van der Waals surface area contributed by atoms with Crippen molar-refractivity contribution in [3.8, 4) is 0 Å². The van der Waals surface area contributed by atoms with Crippen molar-refractivity contribution in [2.75, 3.05) is 19.6 Å². The summed E-state index contributed by atoms with van der Waals surface area (Å²) in [6, 6.07) is -0.114. The smallest absolute Gasteiger partial charge is 0.315 e. The Bertz CT molecular complexity index is 311. The Labute approximate surface area is 110 Å². The number of amides is 3. The van der Waals surface area contributed by atoms with E-state index in [2.05, 4.69) is 20.8 Å². The van der Waals surface area contributed by atoms with Crippen molar-refractivity contribution in [2.24, 2.45) is 5.41 Å². The molecule has 4 heteroatoms. The zero-order valence-electron chi connectivity index (χ0n) is 12.2. The Morgan fingerprint density at radius 3 is 2.22 bits per heavy atom. The summed E-state index contributed by atoms with van der Waals surface area (Å²) in [6.45, 7) is 10.0. The number of hydrogen-bond acceptors (Lipinski definition) is 2. The third kappa shape index (κ3) is 3.24. The third-order valence-electron chi connectivity index (χ3n) is 4.38. The van der Waals surface area contributed by atoms with E-state index in [9.17, 15) is 9.59 Å². The highest BCUT2D eigenvalue weighted by Crippen LogP contribution is 2.31. The van der Waals surface area contributed by atoms with Gasteiger partial charge in [-0.3, -0.25) is 9.69 Å². The summed E-state index contributed by atoms with van der Waals surface area (Å²) in [4.78, 5) is 26.6. The maximum absolute atomic E-state index is 11.9. The molecule has 0 aliphatic carbocycles. The third-order valence-corrected chi connectivity index (χ3v) is 4.38. The van der Waals surface area contributed by atoms with Gasteiger partial charge in [-0.15, -0.1) is 0 Å². The molecule has 3 amide bonds. The van der Waals surface area contributed by atoms with Crippen molar-refractivity contribution in [1.29, 1.82) is 0 Å². The number of urea groups is 1. The van der Waals surface area contributed by atoms with Crippen molar-refractivity contribution in [1.82, 2.24) is 9.80 Å². The second kappa shape index (κ2) is 6.21. The zero-order chi connectivity index (χ0) is 13.8. The fourth-order valence-corrected chi connectivity index (χ4v) is 2.33. The molecule has 1 saturated heterocycles. The van der Waals surface area contributed by atoms with Crippen LogP contribution < -0.4 is 0 Å².